The minimum atomic E-state index is -0.650. The zero-order valence-corrected chi connectivity index (χ0v) is 18.7. The summed E-state index contributed by atoms with van der Waals surface area (Å²) in [6, 6.07) is 13.4. The SMILES string of the molecule is CSCCC(NC(=O)c1ccc(Cl)cc1Cl)C(=O)N(C)CCOc1ccccc1. The summed E-state index contributed by atoms with van der Waals surface area (Å²) >= 11 is 13.6. The van der Waals surface area contributed by atoms with Crippen molar-refractivity contribution in [2.75, 3.05) is 32.2 Å². The van der Waals surface area contributed by atoms with Crippen LogP contribution >= 0.6 is 35.0 Å². The van der Waals surface area contributed by atoms with Crippen LogP contribution in [0.2, 0.25) is 10.0 Å². The van der Waals surface area contributed by atoms with Crippen LogP contribution in [0.25, 0.3) is 0 Å². The molecule has 0 heterocycles. The molecule has 1 unspecified atom stereocenters. The van der Waals surface area contributed by atoms with Gasteiger partial charge in [0.2, 0.25) is 5.91 Å². The maximum atomic E-state index is 12.9. The summed E-state index contributed by atoms with van der Waals surface area (Å²) in [5.41, 5.74) is 0.285. The lowest BCUT2D eigenvalue weighted by atomic mass is 10.1. The third-order valence-corrected chi connectivity index (χ3v) is 5.40. The zero-order chi connectivity index (χ0) is 21.2. The highest BCUT2D eigenvalue weighted by atomic mass is 35.5. The van der Waals surface area contributed by atoms with Crippen molar-refractivity contribution < 1.29 is 14.3 Å². The number of nitrogens with zero attached hydrogens (tertiary/aromatic N) is 1. The number of benzene rings is 2. The van der Waals surface area contributed by atoms with E-state index in [1.165, 1.54) is 6.07 Å². The van der Waals surface area contributed by atoms with Crippen molar-refractivity contribution in [2.24, 2.45) is 0 Å². The first-order valence-electron chi connectivity index (χ1n) is 9.10. The van der Waals surface area contributed by atoms with Crippen molar-refractivity contribution in [3.63, 3.8) is 0 Å². The van der Waals surface area contributed by atoms with Gasteiger partial charge in [-0.3, -0.25) is 9.59 Å². The van der Waals surface area contributed by atoms with Gasteiger partial charge in [0.25, 0.3) is 5.91 Å². The number of amides is 2. The van der Waals surface area contributed by atoms with E-state index in [1.807, 2.05) is 36.6 Å². The number of thioether (sulfide) groups is 1. The van der Waals surface area contributed by atoms with Crippen LogP contribution in [-0.2, 0) is 4.79 Å². The Labute approximate surface area is 185 Å². The summed E-state index contributed by atoms with van der Waals surface area (Å²) in [5, 5.41) is 3.50. The molecule has 0 saturated carbocycles. The molecule has 0 fully saturated rings. The lowest BCUT2D eigenvalue weighted by Gasteiger charge is -2.25. The van der Waals surface area contributed by atoms with Crippen LogP contribution < -0.4 is 10.1 Å². The minimum absolute atomic E-state index is 0.172. The van der Waals surface area contributed by atoms with Crippen LogP contribution in [0.4, 0.5) is 0 Å². The molecule has 2 amide bonds. The number of hydrogen-bond acceptors (Lipinski definition) is 4. The number of likely N-dealkylation sites (N-methyl/N-ethyl adjacent to an activating group) is 1. The van der Waals surface area contributed by atoms with Crippen LogP contribution in [0.15, 0.2) is 48.5 Å². The zero-order valence-electron chi connectivity index (χ0n) is 16.4. The number of hydrogen-bond donors (Lipinski definition) is 1. The molecule has 2 aromatic carbocycles. The lowest BCUT2D eigenvalue weighted by molar-refractivity contribution is -0.132. The van der Waals surface area contributed by atoms with Crippen molar-refractivity contribution in [3.8, 4) is 5.75 Å². The van der Waals surface area contributed by atoms with E-state index in [-0.39, 0.29) is 16.5 Å². The first-order valence-corrected chi connectivity index (χ1v) is 11.2. The molecule has 0 radical (unpaired) electrons. The Morgan fingerprint density at radius 2 is 1.90 bits per heavy atom. The van der Waals surface area contributed by atoms with E-state index in [9.17, 15) is 9.59 Å². The van der Waals surface area contributed by atoms with Gasteiger partial charge in [-0.2, -0.15) is 11.8 Å². The Morgan fingerprint density at radius 3 is 2.55 bits per heavy atom. The third kappa shape index (κ3) is 7.46. The van der Waals surface area contributed by atoms with Crippen molar-refractivity contribution >= 4 is 46.8 Å². The van der Waals surface area contributed by atoms with Gasteiger partial charge >= 0.3 is 0 Å². The Balaban J connectivity index is 1.97. The molecule has 0 aromatic heterocycles. The molecule has 1 atom stereocenters. The van der Waals surface area contributed by atoms with Gasteiger partial charge in [-0.05, 0) is 48.8 Å². The summed E-state index contributed by atoms with van der Waals surface area (Å²) in [7, 11) is 1.70. The molecule has 0 saturated heterocycles. The van der Waals surface area contributed by atoms with E-state index in [1.54, 1.807) is 35.8 Å². The van der Waals surface area contributed by atoms with Crippen LogP contribution in [0.3, 0.4) is 0 Å². The standard InChI is InChI=1S/C21H24Cl2N2O3S/c1-25(11-12-28-16-6-4-3-5-7-16)21(27)19(10-13-29-2)24-20(26)17-9-8-15(22)14-18(17)23/h3-9,14,19H,10-13H2,1-2H3,(H,24,26). The van der Waals surface area contributed by atoms with Gasteiger partial charge in [0.15, 0.2) is 0 Å². The predicted molar refractivity (Wildman–Crippen MR) is 120 cm³/mol. The summed E-state index contributed by atoms with van der Waals surface area (Å²) in [4.78, 5) is 27.1. The van der Waals surface area contributed by atoms with E-state index < -0.39 is 11.9 Å². The quantitative estimate of drug-likeness (QED) is 0.578. The largest absolute Gasteiger partial charge is 0.492 e. The van der Waals surface area contributed by atoms with Crippen LogP contribution in [-0.4, -0.2) is 55.0 Å². The molecule has 0 aliphatic rings. The number of halogens is 2. The molecule has 156 valence electrons. The Hall–Kier alpha value is -1.89. The molecule has 2 aromatic rings. The second-order valence-electron chi connectivity index (χ2n) is 6.35. The molecule has 0 spiro atoms. The van der Waals surface area contributed by atoms with E-state index in [0.717, 1.165) is 11.5 Å². The number of carbonyl (C=O) groups is 2. The predicted octanol–water partition coefficient (Wildman–Crippen LogP) is 4.38. The van der Waals surface area contributed by atoms with Crippen molar-refractivity contribution in [1.82, 2.24) is 10.2 Å². The number of ether oxygens (including phenoxy) is 1. The van der Waals surface area contributed by atoms with E-state index >= 15 is 0 Å². The van der Waals surface area contributed by atoms with Crippen LogP contribution in [0, 0.1) is 0 Å². The van der Waals surface area contributed by atoms with Gasteiger partial charge in [0.1, 0.15) is 18.4 Å². The Kier molecular flexibility index (Phi) is 9.64. The number of carbonyl (C=O) groups excluding carboxylic acids is 2. The van der Waals surface area contributed by atoms with Gasteiger partial charge in [-0.25, -0.2) is 0 Å². The normalized spacial score (nSPS) is 11.6. The van der Waals surface area contributed by atoms with Gasteiger partial charge in [-0.1, -0.05) is 41.4 Å². The van der Waals surface area contributed by atoms with Gasteiger partial charge in [0, 0.05) is 12.1 Å². The fourth-order valence-electron chi connectivity index (χ4n) is 2.60. The monoisotopic (exact) mass is 454 g/mol. The number of rotatable bonds is 10. The third-order valence-electron chi connectivity index (χ3n) is 4.20. The van der Waals surface area contributed by atoms with Crippen LogP contribution in [0.1, 0.15) is 16.8 Å². The summed E-state index contributed by atoms with van der Waals surface area (Å²) < 4.78 is 5.65. The molecule has 0 aliphatic carbocycles. The van der Waals surface area contributed by atoms with Gasteiger partial charge < -0.3 is 15.0 Å². The average Bonchev–Trinajstić information content (AvgIpc) is 2.71. The summed E-state index contributed by atoms with van der Waals surface area (Å²) in [6.45, 7) is 0.763. The molecular formula is C21H24Cl2N2O3S. The fraction of sp³-hybridized carbons (Fsp3) is 0.333. The molecule has 0 aliphatic heterocycles. The van der Waals surface area contributed by atoms with Gasteiger partial charge in [-0.15, -0.1) is 0 Å². The maximum Gasteiger partial charge on any atom is 0.253 e. The second kappa shape index (κ2) is 12.0. The average molecular weight is 455 g/mol. The highest BCUT2D eigenvalue weighted by molar-refractivity contribution is 7.98. The second-order valence-corrected chi connectivity index (χ2v) is 8.18. The highest BCUT2D eigenvalue weighted by Crippen LogP contribution is 2.21. The summed E-state index contributed by atoms with van der Waals surface area (Å²) in [6.07, 6.45) is 2.47. The topological polar surface area (TPSA) is 58.6 Å². The number of nitrogens with one attached hydrogen (secondary N) is 1. The first-order chi connectivity index (χ1) is 13.9. The van der Waals surface area contributed by atoms with Crippen LogP contribution in [0.5, 0.6) is 5.75 Å². The minimum Gasteiger partial charge on any atom is -0.492 e. The smallest absolute Gasteiger partial charge is 0.253 e. The van der Waals surface area contributed by atoms with E-state index in [2.05, 4.69) is 5.32 Å². The van der Waals surface area contributed by atoms with Crippen molar-refractivity contribution in [2.45, 2.75) is 12.5 Å². The highest BCUT2D eigenvalue weighted by Gasteiger charge is 2.25. The molecule has 0 bridgehead atoms. The molecule has 1 N–H and O–H groups in total. The maximum absolute atomic E-state index is 12.9. The van der Waals surface area contributed by atoms with E-state index in [0.29, 0.717) is 24.6 Å². The Morgan fingerprint density at radius 1 is 1.17 bits per heavy atom. The summed E-state index contributed by atoms with van der Waals surface area (Å²) in [5.74, 6) is 0.909. The molecule has 29 heavy (non-hydrogen) atoms. The fourth-order valence-corrected chi connectivity index (χ4v) is 3.56. The van der Waals surface area contributed by atoms with E-state index in [4.69, 9.17) is 27.9 Å². The van der Waals surface area contributed by atoms with Crippen molar-refractivity contribution in [3.05, 3.63) is 64.1 Å². The first kappa shape index (κ1) is 23.4. The molecule has 5 nitrogen and oxygen atoms in total. The molecule has 8 heteroatoms. The van der Waals surface area contributed by atoms with Crippen molar-refractivity contribution in [1.29, 1.82) is 0 Å². The number of para-hydroxylation sites is 1. The molecular weight excluding hydrogens is 431 g/mol. The Bertz CT molecular complexity index is 821. The van der Waals surface area contributed by atoms with Gasteiger partial charge in [0.05, 0.1) is 17.1 Å². The molecule has 2 rings (SSSR count). The lowest BCUT2D eigenvalue weighted by Crippen LogP contribution is -2.48.